The van der Waals surface area contributed by atoms with Gasteiger partial charge in [0.05, 0.1) is 24.4 Å². The first kappa shape index (κ1) is 24.3. The number of carbonyl (C=O) groups is 1. The summed E-state index contributed by atoms with van der Waals surface area (Å²) in [4.78, 5) is 27.4. The summed E-state index contributed by atoms with van der Waals surface area (Å²) < 4.78 is 20.0. The van der Waals surface area contributed by atoms with Crippen molar-refractivity contribution in [3.63, 3.8) is 0 Å². The van der Waals surface area contributed by atoms with E-state index >= 15 is 0 Å². The number of morpholine rings is 1. The van der Waals surface area contributed by atoms with E-state index in [-0.39, 0.29) is 11.7 Å². The highest BCUT2D eigenvalue weighted by molar-refractivity contribution is 6.30. The molecule has 1 N–H and O–H groups in total. The van der Waals surface area contributed by atoms with Crippen LogP contribution < -0.4 is 5.32 Å². The van der Waals surface area contributed by atoms with Gasteiger partial charge in [0.2, 0.25) is 0 Å². The van der Waals surface area contributed by atoms with Crippen LogP contribution in [0.25, 0.3) is 11.6 Å². The number of aromatic nitrogens is 3. The fourth-order valence-electron chi connectivity index (χ4n) is 4.47. The van der Waals surface area contributed by atoms with Crippen LogP contribution in [0.4, 0.5) is 9.18 Å². The van der Waals surface area contributed by atoms with Crippen LogP contribution in [0.5, 0.6) is 0 Å². The molecule has 2 aromatic heterocycles. The topological polar surface area (TPSA) is 80.2 Å². The monoisotopic (exact) mass is 485 g/mol. The summed E-state index contributed by atoms with van der Waals surface area (Å²) in [6.07, 6.45) is 7.69. The Morgan fingerprint density at radius 3 is 2.85 bits per heavy atom. The molecule has 1 aliphatic carbocycles. The van der Waals surface area contributed by atoms with Crippen LogP contribution in [-0.2, 0) is 4.74 Å². The van der Waals surface area contributed by atoms with Crippen molar-refractivity contribution in [3.05, 3.63) is 64.2 Å². The summed E-state index contributed by atoms with van der Waals surface area (Å²) in [5.74, 6) is -0.186. The van der Waals surface area contributed by atoms with Gasteiger partial charge in [-0.2, -0.15) is 0 Å². The Morgan fingerprint density at radius 1 is 1.32 bits per heavy atom. The van der Waals surface area contributed by atoms with Crippen molar-refractivity contribution in [1.29, 1.82) is 0 Å². The van der Waals surface area contributed by atoms with Gasteiger partial charge in [0.15, 0.2) is 11.6 Å². The summed E-state index contributed by atoms with van der Waals surface area (Å²) in [5.41, 5.74) is 2.82. The lowest BCUT2D eigenvalue weighted by Crippen LogP contribution is -2.54. The number of pyridine rings is 1. The zero-order chi connectivity index (χ0) is 24.3. The number of hydrogen-bond donors (Lipinski definition) is 1. The molecule has 2 fully saturated rings. The summed E-state index contributed by atoms with van der Waals surface area (Å²) in [6.45, 7) is 10.3. The average Bonchev–Trinajstić information content (AvgIpc) is 2.82. The minimum Gasteiger partial charge on any atom is -0.378 e. The fraction of sp³-hybridized carbons (Fsp3) is 0.440. The van der Waals surface area contributed by atoms with E-state index in [1.54, 1.807) is 23.2 Å². The highest BCUT2D eigenvalue weighted by Gasteiger charge is 2.32. The molecule has 34 heavy (non-hydrogen) atoms. The number of amides is 2. The smallest absolute Gasteiger partial charge is 0.317 e. The lowest BCUT2D eigenvalue weighted by molar-refractivity contribution is 0.0507. The molecule has 1 saturated carbocycles. The fourth-order valence-corrected chi connectivity index (χ4v) is 4.63. The number of aryl methyl sites for hydroxylation is 1. The van der Waals surface area contributed by atoms with Crippen LogP contribution in [-0.4, -0.2) is 57.7 Å². The molecule has 0 bridgehead atoms. The summed E-state index contributed by atoms with van der Waals surface area (Å²) in [5, 5.41) is 3.67. The van der Waals surface area contributed by atoms with Crippen molar-refractivity contribution in [2.75, 3.05) is 26.3 Å². The Hall–Kier alpha value is -2.84. The highest BCUT2D eigenvalue weighted by atomic mass is 35.5. The quantitative estimate of drug-likeness (QED) is 0.673. The van der Waals surface area contributed by atoms with Gasteiger partial charge in [-0.25, -0.2) is 19.2 Å². The molecule has 1 saturated heterocycles. The molecule has 3 heterocycles. The Balaban J connectivity index is 1.53. The molecule has 1 aliphatic heterocycles. The Kier molecular flexibility index (Phi) is 7.28. The van der Waals surface area contributed by atoms with Crippen LogP contribution >= 0.6 is 11.6 Å². The van der Waals surface area contributed by atoms with Crippen molar-refractivity contribution < 1.29 is 13.9 Å². The largest absolute Gasteiger partial charge is 0.378 e. The van der Waals surface area contributed by atoms with E-state index < -0.39 is 11.4 Å². The van der Waals surface area contributed by atoms with Gasteiger partial charge in [-0.3, -0.25) is 4.98 Å². The van der Waals surface area contributed by atoms with E-state index in [0.29, 0.717) is 54.7 Å². The van der Waals surface area contributed by atoms with Crippen LogP contribution in [0.2, 0.25) is 5.02 Å². The summed E-state index contributed by atoms with van der Waals surface area (Å²) in [7, 11) is 0. The minimum absolute atomic E-state index is 0.0793. The average molecular weight is 486 g/mol. The predicted octanol–water partition coefficient (Wildman–Crippen LogP) is 4.79. The standard InChI is InChI=1S/C25H29ClFN5O2/c1-16(20-12-19(26)14-28-17(20)2)23-29-15-21(27)22(30-23)11-18-5-4-6-25(3,13-18)31-24(33)32-7-9-34-10-8-32/h11-12,14-15H,1,4-10,13H2,2-3H3,(H,31,33)/b18-11+/t25-/m0/s1. The van der Waals surface area contributed by atoms with Gasteiger partial charge in [0, 0.05) is 41.7 Å². The maximum atomic E-state index is 14.7. The molecule has 0 radical (unpaired) electrons. The Morgan fingerprint density at radius 2 is 2.09 bits per heavy atom. The zero-order valence-electron chi connectivity index (χ0n) is 19.5. The van der Waals surface area contributed by atoms with E-state index in [1.165, 1.54) is 0 Å². The minimum atomic E-state index is -0.505. The van der Waals surface area contributed by atoms with Crippen LogP contribution in [0.3, 0.4) is 0 Å². The van der Waals surface area contributed by atoms with Gasteiger partial charge in [-0.1, -0.05) is 23.8 Å². The number of urea groups is 1. The number of halogens is 2. The maximum absolute atomic E-state index is 14.7. The Labute approximate surface area is 204 Å². The van der Waals surface area contributed by atoms with Crippen molar-refractivity contribution in [3.8, 4) is 0 Å². The third kappa shape index (κ3) is 5.62. The molecule has 2 aliphatic rings. The van der Waals surface area contributed by atoms with Crippen LogP contribution in [0.15, 0.2) is 30.6 Å². The van der Waals surface area contributed by atoms with E-state index in [4.69, 9.17) is 16.3 Å². The third-order valence-electron chi connectivity index (χ3n) is 6.31. The first-order valence-electron chi connectivity index (χ1n) is 11.4. The van der Waals surface area contributed by atoms with Crippen LogP contribution in [0.1, 0.15) is 55.4 Å². The predicted molar refractivity (Wildman–Crippen MR) is 130 cm³/mol. The molecule has 0 aromatic carbocycles. The third-order valence-corrected chi connectivity index (χ3v) is 6.52. The molecule has 2 aromatic rings. The lowest BCUT2D eigenvalue weighted by Gasteiger charge is -2.38. The van der Waals surface area contributed by atoms with E-state index in [9.17, 15) is 9.18 Å². The second-order valence-corrected chi connectivity index (χ2v) is 9.55. The normalized spacial score (nSPS) is 22.0. The molecule has 1 atom stereocenters. The maximum Gasteiger partial charge on any atom is 0.317 e. The zero-order valence-corrected chi connectivity index (χ0v) is 20.3. The van der Waals surface area contributed by atoms with Crippen LogP contribution in [0, 0.1) is 12.7 Å². The Bertz CT molecular complexity index is 1130. The number of nitrogens with one attached hydrogen (secondary N) is 1. The van der Waals surface area contributed by atoms with E-state index in [0.717, 1.165) is 36.7 Å². The van der Waals surface area contributed by atoms with Gasteiger partial charge in [0.1, 0.15) is 5.69 Å². The van der Waals surface area contributed by atoms with E-state index in [2.05, 4.69) is 26.8 Å². The van der Waals surface area contributed by atoms with Crippen molar-refractivity contribution in [1.82, 2.24) is 25.2 Å². The first-order chi connectivity index (χ1) is 16.2. The van der Waals surface area contributed by atoms with Gasteiger partial charge in [-0.15, -0.1) is 0 Å². The summed E-state index contributed by atoms with van der Waals surface area (Å²) >= 11 is 6.09. The number of rotatable bonds is 4. The summed E-state index contributed by atoms with van der Waals surface area (Å²) in [6, 6.07) is 1.67. The molecular weight excluding hydrogens is 457 g/mol. The SMILES string of the molecule is C=C(c1ncc(F)c(/C=C2\CCC[C@](C)(NC(=O)N3CCOCC3)C2)n1)c1cc(Cl)cnc1C. The molecule has 0 spiro atoms. The van der Waals surface area contributed by atoms with Gasteiger partial charge < -0.3 is 15.0 Å². The van der Waals surface area contributed by atoms with Gasteiger partial charge in [0.25, 0.3) is 0 Å². The van der Waals surface area contributed by atoms with E-state index in [1.807, 2.05) is 13.8 Å². The van der Waals surface area contributed by atoms with Gasteiger partial charge >= 0.3 is 6.03 Å². The molecule has 7 nitrogen and oxygen atoms in total. The number of carbonyl (C=O) groups excluding carboxylic acids is 1. The molecule has 4 rings (SSSR count). The number of nitrogens with zero attached hydrogens (tertiary/aromatic N) is 4. The van der Waals surface area contributed by atoms with Crippen molar-refractivity contribution >= 4 is 29.3 Å². The molecule has 0 unspecified atom stereocenters. The van der Waals surface area contributed by atoms with Crippen molar-refractivity contribution in [2.45, 2.75) is 45.1 Å². The number of ether oxygens (including phenoxy) is 1. The second kappa shape index (κ2) is 10.2. The first-order valence-corrected chi connectivity index (χ1v) is 11.8. The molecule has 9 heteroatoms. The lowest BCUT2D eigenvalue weighted by atomic mass is 9.80. The molecular formula is C25H29ClFN5O2. The van der Waals surface area contributed by atoms with Gasteiger partial charge in [-0.05, 0) is 51.7 Å². The molecule has 180 valence electrons. The van der Waals surface area contributed by atoms with Crippen molar-refractivity contribution in [2.24, 2.45) is 0 Å². The second-order valence-electron chi connectivity index (χ2n) is 9.11. The highest BCUT2D eigenvalue weighted by Crippen LogP contribution is 2.33. The molecule has 2 amide bonds. The number of hydrogen-bond acceptors (Lipinski definition) is 5.